The fourth-order valence-corrected chi connectivity index (χ4v) is 2.42. The smallest absolute Gasteiger partial charge is 0.328 e. The molecule has 0 aromatic heterocycles. The summed E-state index contributed by atoms with van der Waals surface area (Å²) in [5.41, 5.74) is 1.28. The maximum Gasteiger partial charge on any atom is 0.328 e. The van der Waals surface area contributed by atoms with Crippen LogP contribution in [0.15, 0.2) is 24.3 Å². The van der Waals surface area contributed by atoms with Crippen molar-refractivity contribution < 1.29 is 19.8 Å². The summed E-state index contributed by atoms with van der Waals surface area (Å²) in [6.07, 6.45) is 3.10. The Hall–Kier alpha value is -2.14. The fourth-order valence-electron chi connectivity index (χ4n) is 2.42. The van der Waals surface area contributed by atoms with Gasteiger partial charge in [0.15, 0.2) is 0 Å². The molecule has 0 radical (unpaired) electrons. The molecule has 5 heteroatoms. The van der Waals surface area contributed by atoms with Crippen LogP contribution in [0.25, 0.3) is 6.08 Å². The van der Waals surface area contributed by atoms with E-state index in [-0.39, 0.29) is 5.91 Å². The molecule has 5 nitrogen and oxygen atoms in total. The molecule has 2 N–H and O–H groups in total. The van der Waals surface area contributed by atoms with E-state index in [2.05, 4.69) is 0 Å². The molecule has 1 atom stereocenters. The van der Waals surface area contributed by atoms with E-state index in [1.165, 1.54) is 6.08 Å². The van der Waals surface area contributed by atoms with Gasteiger partial charge in [0.05, 0.1) is 5.60 Å². The van der Waals surface area contributed by atoms with E-state index < -0.39 is 11.6 Å². The molecule has 0 saturated carbocycles. The van der Waals surface area contributed by atoms with Crippen LogP contribution in [0.4, 0.5) is 0 Å². The minimum Gasteiger partial charge on any atom is -0.478 e. The monoisotopic (exact) mass is 289 g/mol. The van der Waals surface area contributed by atoms with Crippen molar-refractivity contribution in [3.8, 4) is 0 Å². The van der Waals surface area contributed by atoms with Gasteiger partial charge in [-0.1, -0.05) is 6.07 Å². The van der Waals surface area contributed by atoms with Crippen LogP contribution in [-0.2, 0) is 4.79 Å². The molecule has 112 valence electrons. The first-order valence-electron chi connectivity index (χ1n) is 6.82. The Morgan fingerprint density at radius 1 is 1.38 bits per heavy atom. The first-order valence-corrected chi connectivity index (χ1v) is 6.82. The molecule has 1 heterocycles. The first kappa shape index (κ1) is 15.3. The van der Waals surface area contributed by atoms with Crippen molar-refractivity contribution >= 4 is 18.0 Å². The number of aliphatic hydroxyl groups is 1. The van der Waals surface area contributed by atoms with Gasteiger partial charge in [0.2, 0.25) is 0 Å². The Labute approximate surface area is 123 Å². The van der Waals surface area contributed by atoms with Gasteiger partial charge >= 0.3 is 5.97 Å². The number of nitrogens with zero attached hydrogens (tertiary/aromatic N) is 1. The van der Waals surface area contributed by atoms with E-state index >= 15 is 0 Å². The van der Waals surface area contributed by atoms with Gasteiger partial charge < -0.3 is 15.1 Å². The number of carboxylic acids is 1. The molecule has 21 heavy (non-hydrogen) atoms. The Morgan fingerprint density at radius 3 is 2.67 bits per heavy atom. The molecule has 1 aliphatic rings. The van der Waals surface area contributed by atoms with Crippen molar-refractivity contribution in [2.24, 2.45) is 0 Å². The van der Waals surface area contributed by atoms with E-state index in [0.717, 1.165) is 11.6 Å². The third kappa shape index (κ3) is 3.70. The summed E-state index contributed by atoms with van der Waals surface area (Å²) in [4.78, 5) is 24.6. The van der Waals surface area contributed by atoms with E-state index in [9.17, 15) is 14.7 Å². The van der Waals surface area contributed by atoms with Gasteiger partial charge in [0.1, 0.15) is 0 Å². The largest absolute Gasteiger partial charge is 0.478 e. The zero-order valence-corrected chi connectivity index (χ0v) is 12.2. The molecule has 1 amide bonds. The molecule has 2 rings (SSSR count). The normalized spacial score (nSPS) is 22.0. The number of β-amino-alcohol motifs (C(OH)–C–C–N with tert-alkyl or cyclic N) is 1. The van der Waals surface area contributed by atoms with Crippen molar-refractivity contribution in [2.45, 2.75) is 25.9 Å². The van der Waals surface area contributed by atoms with Crippen LogP contribution in [-0.4, -0.2) is 45.7 Å². The second-order valence-corrected chi connectivity index (χ2v) is 5.72. The molecular formula is C16H19NO4. The van der Waals surface area contributed by atoms with Crippen LogP contribution in [0.2, 0.25) is 0 Å². The average Bonchev–Trinajstić information content (AvgIpc) is 2.77. The van der Waals surface area contributed by atoms with E-state index in [1.807, 2.05) is 6.92 Å². The first-order chi connectivity index (χ1) is 9.78. The lowest BCUT2D eigenvalue weighted by molar-refractivity contribution is -0.131. The van der Waals surface area contributed by atoms with Gasteiger partial charge in [-0.3, -0.25) is 4.79 Å². The SMILES string of the molecule is Cc1ccc(C(=O)N2CCC(C)(O)C2)cc1/C=C/C(=O)O. The molecule has 1 aromatic rings. The number of hydrogen-bond acceptors (Lipinski definition) is 3. The highest BCUT2D eigenvalue weighted by molar-refractivity contribution is 5.95. The van der Waals surface area contributed by atoms with Crippen molar-refractivity contribution in [2.75, 3.05) is 13.1 Å². The average molecular weight is 289 g/mol. The second-order valence-electron chi connectivity index (χ2n) is 5.72. The summed E-state index contributed by atoms with van der Waals surface area (Å²) < 4.78 is 0. The van der Waals surface area contributed by atoms with Gasteiger partial charge in [0.25, 0.3) is 5.91 Å². The summed E-state index contributed by atoms with van der Waals surface area (Å²) in [6, 6.07) is 5.20. The highest BCUT2D eigenvalue weighted by Gasteiger charge is 2.34. The number of hydrogen-bond donors (Lipinski definition) is 2. The van der Waals surface area contributed by atoms with E-state index in [0.29, 0.717) is 30.6 Å². The number of benzene rings is 1. The lowest BCUT2D eigenvalue weighted by Gasteiger charge is -2.19. The van der Waals surface area contributed by atoms with Crippen molar-refractivity contribution in [1.82, 2.24) is 4.90 Å². The van der Waals surface area contributed by atoms with Gasteiger partial charge in [-0.05, 0) is 49.6 Å². The van der Waals surface area contributed by atoms with Gasteiger partial charge in [0, 0.05) is 24.7 Å². The number of carbonyl (C=O) groups is 2. The fraction of sp³-hybridized carbons (Fsp3) is 0.375. The summed E-state index contributed by atoms with van der Waals surface area (Å²) in [6.45, 7) is 4.42. The van der Waals surface area contributed by atoms with Crippen LogP contribution >= 0.6 is 0 Å². The Kier molecular flexibility index (Phi) is 4.14. The summed E-state index contributed by atoms with van der Waals surface area (Å²) in [5, 5.41) is 18.6. The third-order valence-electron chi connectivity index (χ3n) is 3.67. The Balaban J connectivity index is 2.23. The lowest BCUT2D eigenvalue weighted by atomic mass is 10.0. The van der Waals surface area contributed by atoms with Crippen molar-refractivity contribution in [3.63, 3.8) is 0 Å². The van der Waals surface area contributed by atoms with Crippen LogP contribution in [0, 0.1) is 6.92 Å². The van der Waals surface area contributed by atoms with Crippen LogP contribution in [0.3, 0.4) is 0 Å². The van der Waals surface area contributed by atoms with Gasteiger partial charge in [-0.15, -0.1) is 0 Å². The lowest BCUT2D eigenvalue weighted by Crippen LogP contribution is -2.33. The zero-order valence-electron chi connectivity index (χ0n) is 12.2. The summed E-state index contributed by atoms with van der Waals surface area (Å²) >= 11 is 0. The number of aliphatic carboxylic acids is 1. The number of carboxylic acid groups (broad SMARTS) is 1. The predicted molar refractivity (Wildman–Crippen MR) is 79.0 cm³/mol. The molecule has 1 fully saturated rings. The molecule has 0 bridgehead atoms. The molecule has 0 spiro atoms. The van der Waals surface area contributed by atoms with Crippen molar-refractivity contribution in [3.05, 3.63) is 41.0 Å². The molecule has 1 saturated heterocycles. The number of likely N-dealkylation sites (tertiary alicyclic amines) is 1. The molecule has 1 unspecified atom stereocenters. The predicted octanol–water partition coefficient (Wildman–Crippen LogP) is 1.69. The van der Waals surface area contributed by atoms with Gasteiger partial charge in [-0.2, -0.15) is 0 Å². The molecule has 0 aliphatic carbocycles. The number of carbonyl (C=O) groups excluding carboxylic acids is 1. The Morgan fingerprint density at radius 2 is 2.10 bits per heavy atom. The number of aryl methyl sites for hydroxylation is 1. The number of rotatable bonds is 3. The summed E-state index contributed by atoms with van der Waals surface area (Å²) in [5.74, 6) is -1.17. The molecular weight excluding hydrogens is 270 g/mol. The minimum atomic E-state index is -1.03. The molecule has 1 aromatic carbocycles. The van der Waals surface area contributed by atoms with E-state index in [1.54, 1.807) is 30.0 Å². The molecule has 1 aliphatic heterocycles. The quantitative estimate of drug-likeness (QED) is 0.830. The van der Waals surface area contributed by atoms with Gasteiger partial charge in [-0.25, -0.2) is 4.79 Å². The summed E-state index contributed by atoms with van der Waals surface area (Å²) in [7, 11) is 0. The minimum absolute atomic E-state index is 0.141. The maximum absolute atomic E-state index is 12.4. The topological polar surface area (TPSA) is 77.8 Å². The highest BCUT2D eigenvalue weighted by atomic mass is 16.4. The van der Waals surface area contributed by atoms with Crippen LogP contribution in [0.1, 0.15) is 34.8 Å². The standard InChI is InChI=1S/C16H19NO4/c1-11-3-4-13(9-12(11)5-6-14(18)19)15(20)17-8-7-16(2,21)10-17/h3-6,9,21H,7-8,10H2,1-2H3,(H,18,19)/b6-5+. The zero-order chi connectivity index (χ0) is 15.6. The Bertz CT molecular complexity index is 604. The van der Waals surface area contributed by atoms with Crippen molar-refractivity contribution in [1.29, 1.82) is 0 Å². The maximum atomic E-state index is 12.4. The third-order valence-corrected chi connectivity index (χ3v) is 3.67. The highest BCUT2D eigenvalue weighted by Crippen LogP contribution is 2.23. The van der Waals surface area contributed by atoms with Crippen LogP contribution in [0.5, 0.6) is 0 Å². The second kappa shape index (κ2) is 5.69. The van der Waals surface area contributed by atoms with Crippen LogP contribution < -0.4 is 0 Å². The number of amides is 1. The van der Waals surface area contributed by atoms with E-state index in [4.69, 9.17) is 5.11 Å².